The third kappa shape index (κ3) is 30.0. The zero-order valence-electron chi connectivity index (χ0n) is 52.5. The number of carbonyl (C=O) groups is 5. The van der Waals surface area contributed by atoms with Crippen molar-refractivity contribution in [2.45, 2.75) is 69.4 Å². The fraction of sp³-hybridized carbons (Fsp3) is 0.385. The Hall–Kier alpha value is -7.89. The molecule has 0 aliphatic heterocycles. The molecule has 0 radical (unpaired) electrons. The lowest BCUT2D eigenvalue weighted by Gasteiger charge is -2.59. The van der Waals surface area contributed by atoms with E-state index in [4.69, 9.17) is 14.2 Å². The zero-order valence-corrected chi connectivity index (χ0v) is 55.0. The Morgan fingerprint density at radius 1 is 0.630 bits per heavy atom. The second-order valence-electron chi connectivity index (χ2n) is 24.0. The summed E-state index contributed by atoms with van der Waals surface area (Å²) in [6, 6.07) is 38.0. The molecular formula is C65H81F2N3O19S3. The number of hydrogen-bond acceptors (Lipinski definition) is 19. The molecule has 0 spiro atoms. The lowest BCUT2D eigenvalue weighted by atomic mass is 9.48. The van der Waals surface area contributed by atoms with Gasteiger partial charge in [-0.1, -0.05) is 105 Å². The summed E-state index contributed by atoms with van der Waals surface area (Å²) >= 11 is 0. The predicted octanol–water partition coefficient (Wildman–Crippen LogP) is 7.92. The van der Waals surface area contributed by atoms with Gasteiger partial charge in [0.2, 0.25) is 0 Å². The maximum Gasteiger partial charge on any atom is 0.367 e. The van der Waals surface area contributed by atoms with Crippen LogP contribution in [0.15, 0.2) is 171 Å². The minimum atomic E-state index is -5.93. The van der Waals surface area contributed by atoms with Crippen LogP contribution in [-0.4, -0.2) is 162 Å². The molecule has 1 aromatic heterocycles. The van der Waals surface area contributed by atoms with Crippen molar-refractivity contribution in [3.05, 3.63) is 199 Å². The van der Waals surface area contributed by atoms with E-state index in [-0.39, 0.29) is 16.9 Å². The average Bonchev–Trinajstić information content (AvgIpc) is 0.720. The van der Waals surface area contributed by atoms with E-state index in [1.807, 2.05) is 30.6 Å². The van der Waals surface area contributed by atoms with E-state index in [9.17, 15) is 71.7 Å². The molecule has 4 saturated carbocycles. The minimum absolute atomic E-state index is 0.0713. The van der Waals surface area contributed by atoms with Crippen molar-refractivity contribution in [1.82, 2.24) is 0 Å². The highest BCUT2D eigenvalue weighted by Crippen LogP contribution is 2.63. The molecule has 2 atom stereocenters. The molecule has 1 N–H and O–H groups in total. The number of aromatic nitrogens is 1. The van der Waals surface area contributed by atoms with E-state index >= 15 is 0 Å². The molecule has 1 heterocycles. The third-order valence-corrected chi connectivity index (χ3v) is 15.6. The van der Waals surface area contributed by atoms with Gasteiger partial charge in [-0.2, -0.15) is 8.78 Å². The molecule has 4 bridgehead atoms. The Morgan fingerprint density at radius 2 is 1.07 bits per heavy atom. The molecule has 4 aromatic carbocycles. The SMILES string of the molecule is C=C(C)C(=O)Oc1ccc(C(=O)OCC(F)(F)S(=O)(=O)[O-])cc1.C=CC(=O)OC12CC3CC(C1)CC(C(=O)OCCS(=O)(=O)[O-])(C3)C2.C=Cc1ccc(C(=O)OCCS(=O)(=O)[O-])cc1.C[N+](C)(C)Cc1ccccc1.C[N+](C)(C)Cc1ccccc1.c1cc[nH+]cc1. The van der Waals surface area contributed by atoms with Gasteiger partial charge in [0, 0.05) is 41.3 Å². The normalized spacial score (nSPS) is 17.9. The monoisotopic (exact) mass is 1340 g/mol. The first kappa shape index (κ1) is 78.4. The summed E-state index contributed by atoms with van der Waals surface area (Å²) in [6.07, 6.45) is 10.7. The number of benzene rings is 4. The van der Waals surface area contributed by atoms with E-state index in [0.717, 1.165) is 65.1 Å². The number of quaternary nitrogens is 2. The number of hydrogen-bond donors (Lipinski definition) is 0. The van der Waals surface area contributed by atoms with Crippen LogP contribution in [0.5, 0.6) is 5.75 Å². The highest BCUT2D eigenvalue weighted by atomic mass is 32.2. The zero-order chi connectivity index (χ0) is 69.2. The van der Waals surface area contributed by atoms with Crippen molar-refractivity contribution in [1.29, 1.82) is 0 Å². The molecule has 4 fully saturated rings. The van der Waals surface area contributed by atoms with Crippen molar-refractivity contribution in [2.75, 3.05) is 73.6 Å². The summed E-state index contributed by atoms with van der Waals surface area (Å²) in [6.45, 7) is 11.2. The van der Waals surface area contributed by atoms with Crippen molar-refractivity contribution in [3.8, 4) is 5.75 Å². The number of esters is 5. The average molecular weight is 1340 g/mol. The molecule has 2 unspecified atom stereocenters. The van der Waals surface area contributed by atoms with E-state index < -0.39 is 108 Å². The Balaban J connectivity index is 0.000000302. The maximum atomic E-state index is 12.8. The Bertz CT molecular complexity index is 3490. The minimum Gasteiger partial charge on any atom is -0.748 e. The standard InChI is InChI=1S/C16H22O7S.C13H12F2O7S.C11H12O5S.2C10H16N.C5H5N/c1-2-13(17)23-16-8-11-5-12(9-16)7-15(6-11,10-16)14(18)22-3-4-24(19,20)21;1-8(2)11(16)22-10-5-3-9(4-6-10)12(17)21-7-13(14,15)23(18,19)20;1-2-9-3-5-10(6-4-9)11(12)16-7-8-17(13,14)15;2*1-11(2,3)9-10-7-5-4-6-8-10;1-2-4-6-5-3-1/h2,11-12H,1,3-10H2,(H,19,20,21);3-6H,1,7H2,2H3,(H,18,19,20);2-6H,1,7-8H2,(H,13,14,15);2*4-8H,9H2,1-3H3;1-5H/q;;;2*+1;/p-2. The van der Waals surface area contributed by atoms with Crippen molar-refractivity contribution < 1.29 is 109 Å². The number of ether oxygens (including phenoxy) is 5. The molecular weight excluding hydrogens is 1260 g/mol. The molecule has 0 amide bonds. The van der Waals surface area contributed by atoms with Gasteiger partial charge >= 0.3 is 35.1 Å². The van der Waals surface area contributed by atoms with Gasteiger partial charge in [0.25, 0.3) is 0 Å². The summed E-state index contributed by atoms with van der Waals surface area (Å²) in [7, 11) is -1.49. The van der Waals surface area contributed by atoms with Crippen LogP contribution in [0.25, 0.3) is 6.08 Å². The molecule has 4 aliphatic rings. The lowest BCUT2D eigenvalue weighted by Crippen LogP contribution is -2.60. The number of H-pyrrole nitrogens is 1. The number of halogens is 2. The van der Waals surface area contributed by atoms with Crippen LogP contribution in [0, 0.1) is 17.3 Å². The van der Waals surface area contributed by atoms with Gasteiger partial charge in [0.1, 0.15) is 37.7 Å². The van der Waals surface area contributed by atoms with Crippen molar-refractivity contribution in [2.24, 2.45) is 17.3 Å². The first-order valence-corrected chi connectivity index (χ1v) is 33.1. The molecule has 22 nitrogen and oxygen atoms in total. The number of rotatable bonds is 21. The van der Waals surface area contributed by atoms with Gasteiger partial charge in [-0.15, -0.1) is 0 Å². The maximum absolute atomic E-state index is 12.8. The number of carbonyl (C=O) groups excluding carboxylic acids is 5. The first-order valence-electron chi connectivity index (χ1n) is 28.5. The molecule has 27 heteroatoms. The number of alkyl halides is 2. The summed E-state index contributed by atoms with van der Waals surface area (Å²) in [5.41, 5.74) is 2.49. The Labute approximate surface area is 537 Å². The summed E-state index contributed by atoms with van der Waals surface area (Å²) in [5, 5.41) is -4.72. The fourth-order valence-electron chi connectivity index (χ4n) is 10.0. The lowest BCUT2D eigenvalue weighted by molar-refractivity contribution is -0.884. The first-order chi connectivity index (χ1) is 42.7. The Kier molecular flexibility index (Phi) is 30.0. The summed E-state index contributed by atoms with van der Waals surface area (Å²) < 4.78 is 145. The van der Waals surface area contributed by atoms with Crippen LogP contribution in [0.3, 0.4) is 0 Å². The number of pyridine rings is 1. The molecule has 9 rings (SSSR count). The van der Waals surface area contributed by atoms with Crippen LogP contribution < -0.4 is 9.72 Å². The summed E-state index contributed by atoms with van der Waals surface area (Å²) in [4.78, 5) is 61.3. The third-order valence-electron chi connectivity index (χ3n) is 13.4. The summed E-state index contributed by atoms with van der Waals surface area (Å²) in [5.74, 6) is -4.38. The van der Waals surface area contributed by atoms with Gasteiger partial charge in [0.05, 0.1) is 90.6 Å². The molecule has 92 heavy (non-hydrogen) atoms. The largest absolute Gasteiger partial charge is 0.748 e. The molecule has 4 aliphatic carbocycles. The van der Waals surface area contributed by atoms with Crippen LogP contribution in [0.1, 0.15) is 82.9 Å². The van der Waals surface area contributed by atoms with Crippen molar-refractivity contribution >= 4 is 66.3 Å². The second kappa shape index (κ2) is 35.2. The quantitative estimate of drug-likeness (QED) is 0.0168. The fourth-order valence-corrected chi connectivity index (χ4v) is 10.8. The van der Waals surface area contributed by atoms with Crippen LogP contribution in [0.4, 0.5) is 8.78 Å². The van der Waals surface area contributed by atoms with Crippen molar-refractivity contribution in [3.63, 3.8) is 0 Å². The van der Waals surface area contributed by atoms with Gasteiger partial charge in [-0.3, -0.25) is 4.79 Å². The highest BCUT2D eigenvalue weighted by Gasteiger charge is 2.63. The molecule has 0 saturated heterocycles. The van der Waals surface area contributed by atoms with Gasteiger partial charge in [-0.05, 0) is 92.8 Å². The van der Waals surface area contributed by atoms with E-state index in [1.54, 1.807) is 18.2 Å². The topological polar surface area (TPSA) is 317 Å². The van der Waals surface area contributed by atoms with Crippen LogP contribution in [-0.2, 0) is 76.8 Å². The van der Waals surface area contributed by atoms with Gasteiger partial charge in [-0.25, -0.2) is 49.4 Å². The number of aromatic amines is 1. The Morgan fingerprint density at radius 3 is 1.45 bits per heavy atom. The van der Waals surface area contributed by atoms with Gasteiger partial charge < -0.3 is 46.3 Å². The van der Waals surface area contributed by atoms with Gasteiger partial charge in [0.15, 0.2) is 29.1 Å². The highest BCUT2D eigenvalue weighted by molar-refractivity contribution is 7.86. The van der Waals surface area contributed by atoms with E-state index in [2.05, 4.69) is 137 Å². The number of nitrogens with one attached hydrogen (secondary N) is 1. The molecule has 5 aromatic rings. The van der Waals surface area contributed by atoms with Crippen LogP contribution >= 0.6 is 0 Å². The predicted molar refractivity (Wildman–Crippen MR) is 334 cm³/mol. The van der Waals surface area contributed by atoms with E-state index in [0.29, 0.717) is 36.7 Å². The second-order valence-corrected chi connectivity index (χ2v) is 28.5. The van der Waals surface area contributed by atoms with E-state index in [1.165, 1.54) is 42.3 Å². The van der Waals surface area contributed by atoms with Crippen LogP contribution in [0.2, 0.25) is 0 Å². The molecule has 502 valence electrons. The smallest absolute Gasteiger partial charge is 0.367 e. The number of nitrogens with zero attached hydrogens (tertiary/aromatic N) is 2.